The molecular formula is C36H37FN8O5. The van der Waals surface area contributed by atoms with Gasteiger partial charge in [-0.1, -0.05) is 12.1 Å². The van der Waals surface area contributed by atoms with Crippen molar-refractivity contribution in [2.24, 2.45) is 5.92 Å². The third kappa shape index (κ3) is 4.78. The van der Waals surface area contributed by atoms with Crippen LogP contribution in [0.25, 0.3) is 11.4 Å². The first-order valence-corrected chi connectivity index (χ1v) is 17.4. The van der Waals surface area contributed by atoms with Gasteiger partial charge in [0.15, 0.2) is 17.3 Å². The molecule has 2 aliphatic heterocycles. The zero-order chi connectivity index (χ0) is 34.3. The maximum Gasteiger partial charge on any atom is 0.279 e. The van der Waals surface area contributed by atoms with E-state index in [1.54, 1.807) is 28.5 Å². The van der Waals surface area contributed by atoms with Crippen molar-refractivity contribution in [2.45, 2.75) is 82.2 Å². The number of benzene rings is 1. The molecule has 258 valence electrons. The number of fused-ring (bicyclic) bond motifs is 5. The van der Waals surface area contributed by atoms with E-state index in [1.807, 2.05) is 6.08 Å². The highest BCUT2D eigenvalue weighted by Gasteiger charge is 2.59. The number of anilines is 1. The van der Waals surface area contributed by atoms with Gasteiger partial charge >= 0.3 is 0 Å². The van der Waals surface area contributed by atoms with E-state index in [4.69, 9.17) is 14.8 Å². The van der Waals surface area contributed by atoms with Crippen LogP contribution in [0.3, 0.4) is 0 Å². The molecule has 2 saturated carbocycles. The zero-order valence-electron chi connectivity index (χ0n) is 27.7. The van der Waals surface area contributed by atoms with E-state index in [9.17, 15) is 23.9 Å². The largest absolute Gasteiger partial charge is 0.504 e. The van der Waals surface area contributed by atoms with Gasteiger partial charge in [-0.3, -0.25) is 14.4 Å². The van der Waals surface area contributed by atoms with Crippen LogP contribution in [0.2, 0.25) is 0 Å². The summed E-state index contributed by atoms with van der Waals surface area (Å²) in [5.74, 6) is -0.277. The van der Waals surface area contributed by atoms with E-state index >= 15 is 0 Å². The molecule has 0 bridgehead atoms. The van der Waals surface area contributed by atoms with Crippen molar-refractivity contribution in [2.75, 3.05) is 25.1 Å². The molecule has 3 atom stereocenters. The first kappa shape index (κ1) is 31.0. The van der Waals surface area contributed by atoms with Gasteiger partial charge in [-0.05, 0) is 93.4 Å². The number of aryl methyl sites for hydroxylation is 1. The van der Waals surface area contributed by atoms with Crippen molar-refractivity contribution >= 4 is 28.9 Å². The Morgan fingerprint density at radius 1 is 1.14 bits per heavy atom. The number of rotatable bonds is 6. The van der Waals surface area contributed by atoms with Crippen molar-refractivity contribution in [1.82, 2.24) is 34.0 Å². The average Bonchev–Trinajstić information content (AvgIpc) is 3.71. The first-order valence-electron chi connectivity index (χ1n) is 17.4. The number of carbonyl (C=O) groups is 2. The van der Waals surface area contributed by atoms with Crippen LogP contribution in [0.15, 0.2) is 35.4 Å². The van der Waals surface area contributed by atoms with Gasteiger partial charge in [0.1, 0.15) is 18.7 Å². The lowest BCUT2D eigenvalue weighted by atomic mass is 9.56. The number of aromatic nitrogens is 6. The summed E-state index contributed by atoms with van der Waals surface area (Å²) in [7, 11) is 0. The monoisotopic (exact) mass is 680 g/mol. The number of aromatic hydroxyl groups is 1. The van der Waals surface area contributed by atoms with Crippen molar-refractivity contribution in [3.8, 4) is 5.75 Å². The SMILES string of the molecule is Cc1ncnc(C(=O)N2CC[C@@]3(CCc4c3c(=O)n3nc(C5=CCOCC5)nc3n4CC(=O)Nc3ccc(C4CC4)c(F)c3)C3CCC32)c1O. The molecule has 2 N–H and O–H groups in total. The molecule has 3 aromatic heterocycles. The number of likely N-dealkylation sites (tertiary alicyclic amines) is 1. The highest BCUT2D eigenvalue weighted by atomic mass is 19.1. The van der Waals surface area contributed by atoms with Crippen LogP contribution in [0, 0.1) is 18.7 Å². The van der Waals surface area contributed by atoms with Gasteiger partial charge in [0.25, 0.3) is 11.5 Å². The first-order chi connectivity index (χ1) is 24.2. The normalized spacial score (nSPS) is 24.1. The third-order valence-corrected chi connectivity index (χ3v) is 11.6. The minimum absolute atomic E-state index is 0.00750. The summed E-state index contributed by atoms with van der Waals surface area (Å²) in [5, 5.41) is 18.2. The molecule has 1 spiro atoms. The van der Waals surface area contributed by atoms with Gasteiger partial charge in [0, 0.05) is 34.9 Å². The fraction of sp³-hybridized carbons (Fsp3) is 0.472. The number of hydrogen-bond donors (Lipinski definition) is 2. The molecule has 3 fully saturated rings. The molecular weight excluding hydrogens is 643 g/mol. The summed E-state index contributed by atoms with van der Waals surface area (Å²) in [4.78, 5) is 56.7. The van der Waals surface area contributed by atoms with Crippen LogP contribution in [-0.2, 0) is 27.9 Å². The summed E-state index contributed by atoms with van der Waals surface area (Å²) in [6.07, 6.45) is 9.15. The number of piperidine rings is 1. The van der Waals surface area contributed by atoms with E-state index < -0.39 is 5.41 Å². The van der Waals surface area contributed by atoms with E-state index in [1.165, 1.54) is 16.9 Å². The highest BCUT2D eigenvalue weighted by Crippen LogP contribution is 2.57. The van der Waals surface area contributed by atoms with Gasteiger partial charge in [0.2, 0.25) is 11.7 Å². The molecule has 0 radical (unpaired) electrons. The summed E-state index contributed by atoms with van der Waals surface area (Å²) >= 11 is 0. The van der Waals surface area contributed by atoms with E-state index in [-0.39, 0.29) is 64.8 Å². The van der Waals surface area contributed by atoms with Gasteiger partial charge in [-0.15, -0.1) is 5.10 Å². The van der Waals surface area contributed by atoms with Crippen molar-refractivity contribution in [3.05, 3.63) is 80.8 Å². The standard InChI is InChI=1S/C36H37FN8O5/c1-19-31(47)30(39-18-38-19)34(49)43-13-12-36(24-6-7-26(24)43)11-8-27-29(36)33(48)45-35(41-32(42-45)21-9-14-50-15-10-21)44(27)17-28(46)40-22-4-5-23(20-2-3-20)25(37)16-22/h4-5,9,16,18,20,24,26,47H,2-3,6-8,10-15,17H2,1H3,(H,40,46)/t24?,26?,36-/m0/s1. The Hall–Kier alpha value is -4.98. The zero-order valence-corrected chi connectivity index (χ0v) is 27.7. The smallest absolute Gasteiger partial charge is 0.279 e. The molecule has 14 heteroatoms. The molecule has 1 aromatic carbocycles. The molecule has 3 aliphatic carbocycles. The van der Waals surface area contributed by atoms with Gasteiger partial charge in [-0.2, -0.15) is 9.50 Å². The number of carbonyl (C=O) groups excluding carboxylic acids is 2. The lowest BCUT2D eigenvalue weighted by molar-refractivity contribution is -0.116. The molecule has 2 unspecified atom stereocenters. The molecule has 2 amide bonds. The van der Waals surface area contributed by atoms with E-state index in [0.29, 0.717) is 73.8 Å². The van der Waals surface area contributed by atoms with Crippen molar-refractivity contribution in [1.29, 1.82) is 0 Å². The fourth-order valence-corrected chi connectivity index (χ4v) is 8.84. The highest BCUT2D eigenvalue weighted by molar-refractivity contribution is 5.95. The number of nitrogens with zero attached hydrogens (tertiary/aromatic N) is 7. The topological polar surface area (TPSA) is 157 Å². The number of amides is 2. The van der Waals surface area contributed by atoms with E-state index in [0.717, 1.165) is 37.0 Å². The quantitative estimate of drug-likeness (QED) is 0.310. The second-order valence-corrected chi connectivity index (χ2v) is 14.3. The number of nitrogens with one attached hydrogen (secondary N) is 1. The summed E-state index contributed by atoms with van der Waals surface area (Å²) < 4.78 is 23.5. The lowest BCUT2D eigenvalue weighted by Gasteiger charge is -2.57. The third-order valence-electron chi connectivity index (χ3n) is 11.6. The molecule has 9 rings (SSSR count). The molecule has 4 aromatic rings. The Morgan fingerprint density at radius 2 is 2.00 bits per heavy atom. The maximum atomic E-state index is 14.8. The van der Waals surface area contributed by atoms with Crippen LogP contribution >= 0.6 is 0 Å². The van der Waals surface area contributed by atoms with Gasteiger partial charge in [0.05, 0.1) is 18.9 Å². The Morgan fingerprint density at radius 3 is 2.74 bits per heavy atom. The Balaban J connectivity index is 1.09. The van der Waals surface area contributed by atoms with Crippen LogP contribution in [0.4, 0.5) is 10.1 Å². The molecule has 1 saturated heterocycles. The second kappa shape index (κ2) is 11.5. The number of hydrogen-bond acceptors (Lipinski definition) is 9. The van der Waals surface area contributed by atoms with Crippen LogP contribution in [-0.4, -0.2) is 76.8 Å². The van der Waals surface area contributed by atoms with Crippen LogP contribution < -0.4 is 10.9 Å². The summed E-state index contributed by atoms with van der Waals surface area (Å²) in [6, 6.07) is 4.72. The predicted octanol–water partition coefficient (Wildman–Crippen LogP) is 3.66. The Bertz CT molecular complexity index is 2190. The molecule has 5 heterocycles. The summed E-state index contributed by atoms with van der Waals surface area (Å²) in [5.41, 5.74) is 2.88. The predicted molar refractivity (Wildman–Crippen MR) is 178 cm³/mol. The van der Waals surface area contributed by atoms with Gasteiger partial charge < -0.3 is 24.6 Å². The number of halogens is 1. The Kier molecular flexibility index (Phi) is 7.16. The van der Waals surface area contributed by atoms with Gasteiger partial charge in [-0.25, -0.2) is 14.4 Å². The second-order valence-electron chi connectivity index (χ2n) is 14.3. The van der Waals surface area contributed by atoms with E-state index in [2.05, 4.69) is 15.3 Å². The van der Waals surface area contributed by atoms with Crippen LogP contribution in [0.5, 0.6) is 5.75 Å². The van der Waals surface area contributed by atoms with Crippen LogP contribution in [0.1, 0.15) is 89.7 Å². The maximum absolute atomic E-state index is 14.8. The average molecular weight is 681 g/mol. The summed E-state index contributed by atoms with van der Waals surface area (Å²) in [6.45, 7) is 2.83. The minimum atomic E-state index is -0.520. The van der Waals surface area contributed by atoms with Crippen molar-refractivity contribution < 1.29 is 23.8 Å². The van der Waals surface area contributed by atoms with Crippen molar-refractivity contribution in [3.63, 3.8) is 0 Å². The fourth-order valence-electron chi connectivity index (χ4n) is 8.84. The molecule has 5 aliphatic rings. The number of ether oxygens (including phenoxy) is 1. The lowest BCUT2D eigenvalue weighted by Crippen LogP contribution is -2.63. The molecule has 13 nitrogen and oxygen atoms in total. The minimum Gasteiger partial charge on any atom is -0.504 e. The Labute approximate surface area is 286 Å². The molecule has 50 heavy (non-hydrogen) atoms.